The summed E-state index contributed by atoms with van der Waals surface area (Å²) in [7, 11) is 0. The minimum absolute atomic E-state index is 0.449. The Balaban J connectivity index is 1.97. The van der Waals surface area contributed by atoms with Crippen LogP contribution in [0.5, 0.6) is 0 Å². The Kier molecular flexibility index (Phi) is 0.991. The van der Waals surface area contributed by atoms with E-state index < -0.39 is 0 Å². The molecular formula is C10H13N. The molecule has 0 aromatic rings. The lowest BCUT2D eigenvalue weighted by Crippen LogP contribution is -2.25. The molecule has 0 N–H and O–H groups in total. The number of nitriles is 1. The molecule has 0 atom stereocenters. The molecule has 0 aliphatic heterocycles. The van der Waals surface area contributed by atoms with Gasteiger partial charge in [-0.3, -0.25) is 0 Å². The lowest BCUT2D eigenvalue weighted by atomic mass is 9.73. The third-order valence-electron chi connectivity index (χ3n) is 4.25. The van der Waals surface area contributed by atoms with Crippen LogP contribution in [0, 0.1) is 40.9 Å². The fourth-order valence-corrected chi connectivity index (χ4v) is 3.89. The van der Waals surface area contributed by atoms with Crippen molar-refractivity contribution in [3.63, 3.8) is 0 Å². The van der Waals surface area contributed by atoms with E-state index in [9.17, 15) is 0 Å². The maximum Gasteiger partial charge on any atom is 0.0661 e. The van der Waals surface area contributed by atoms with Crippen LogP contribution in [0.3, 0.4) is 0 Å². The van der Waals surface area contributed by atoms with Gasteiger partial charge in [0.05, 0.1) is 12.0 Å². The summed E-state index contributed by atoms with van der Waals surface area (Å²) in [6, 6.07) is 2.52. The lowest BCUT2D eigenvalue weighted by Gasteiger charge is -2.30. The maximum atomic E-state index is 8.96. The first-order valence-electron chi connectivity index (χ1n) is 4.78. The third-order valence-corrected chi connectivity index (χ3v) is 4.25. The van der Waals surface area contributed by atoms with Crippen molar-refractivity contribution in [3.05, 3.63) is 0 Å². The van der Waals surface area contributed by atoms with Crippen molar-refractivity contribution in [2.75, 3.05) is 0 Å². The van der Waals surface area contributed by atoms with Gasteiger partial charge in [0.15, 0.2) is 0 Å². The third kappa shape index (κ3) is 0.612. The summed E-state index contributed by atoms with van der Waals surface area (Å²) in [5.74, 6) is 4.14. The predicted molar refractivity (Wildman–Crippen MR) is 41.5 cm³/mol. The fourth-order valence-electron chi connectivity index (χ4n) is 3.89. The van der Waals surface area contributed by atoms with E-state index in [4.69, 9.17) is 5.26 Å². The average Bonchev–Trinajstić information content (AvgIpc) is 2.43. The van der Waals surface area contributed by atoms with Gasteiger partial charge < -0.3 is 0 Å². The van der Waals surface area contributed by atoms with Crippen LogP contribution in [0.1, 0.15) is 25.7 Å². The quantitative estimate of drug-likeness (QED) is 0.515. The molecular weight excluding hydrogens is 134 g/mol. The Bertz CT molecular complexity index is 198. The molecule has 0 amide bonds. The number of nitrogens with zero attached hydrogens (tertiary/aromatic N) is 1. The molecule has 0 aromatic heterocycles. The molecule has 4 aliphatic rings. The zero-order valence-corrected chi connectivity index (χ0v) is 6.66. The highest BCUT2D eigenvalue weighted by atomic mass is 14.6. The lowest BCUT2D eigenvalue weighted by molar-refractivity contribution is 0.208. The topological polar surface area (TPSA) is 23.8 Å². The van der Waals surface area contributed by atoms with Crippen LogP contribution in [0.25, 0.3) is 0 Å². The van der Waals surface area contributed by atoms with Crippen molar-refractivity contribution in [2.24, 2.45) is 29.6 Å². The van der Waals surface area contributed by atoms with E-state index in [0.29, 0.717) is 5.92 Å². The van der Waals surface area contributed by atoms with Crippen molar-refractivity contribution in [1.82, 2.24) is 0 Å². The summed E-state index contributed by atoms with van der Waals surface area (Å²) in [5.41, 5.74) is 0. The molecule has 1 heteroatoms. The molecule has 11 heavy (non-hydrogen) atoms. The van der Waals surface area contributed by atoms with Gasteiger partial charge in [0.1, 0.15) is 0 Å². The molecule has 0 unspecified atom stereocenters. The van der Waals surface area contributed by atoms with Crippen LogP contribution >= 0.6 is 0 Å². The van der Waals surface area contributed by atoms with Crippen LogP contribution in [0.4, 0.5) is 0 Å². The Hall–Kier alpha value is -0.510. The first-order chi connectivity index (χ1) is 5.38. The Morgan fingerprint density at radius 2 is 1.27 bits per heavy atom. The fraction of sp³-hybridized carbons (Fsp3) is 0.900. The van der Waals surface area contributed by atoms with Crippen molar-refractivity contribution < 1.29 is 0 Å². The van der Waals surface area contributed by atoms with Gasteiger partial charge in [-0.25, -0.2) is 0 Å². The molecule has 4 fully saturated rings. The standard InChI is InChI=1S/C10H13N/c11-5-10-8-1-6-2-9(10)4-7(6)3-8/h6-10H,1-4H2. The molecule has 0 spiro atoms. The molecule has 4 aliphatic carbocycles. The monoisotopic (exact) mass is 147 g/mol. The normalized spacial score (nSPS) is 58.3. The molecule has 0 heterocycles. The summed E-state index contributed by atoms with van der Waals surface area (Å²) in [4.78, 5) is 0. The van der Waals surface area contributed by atoms with Gasteiger partial charge in [0.25, 0.3) is 0 Å². The minimum Gasteiger partial charge on any atom is -0.198 e. The van der Waals surface area contributed by atoms with E-state index in [1.54, 1.807) is 0 Å². The second-order valence-electron chi connectivity index (χ2n) is 4.64. The maximum absolute atomic E-state index is 8.96. The van der Waals surface area contributed by atoms with E-state index in [1.165, 1.54) is 25.7 Å². The predicted octanol–water partition coefficient (Wildman–Crippen LogP) is 2.19. The van der Waals surface area contributed by atoms with Crippen LogP contribution < -0.4 is 0 Å². The van der Waals surface area contributed by atoms with E-state index in [2.05, 4.69) is 6.07 Å². The average molecular weight is 147 g/mol. The molecule has 0 radical (unpaired) electrons. The highest BCUT2D eigenvalue weighted by Gasteiger charge is 2.53. The Morgan fingerprint density at radius 1 is 0.818 bits per heavy atom. The molecule has 0 saturated heterocycles. The molecule has 0 aromatic carbocycles. The number of rotatable bonds is 0. The van der Waals surface area contributed by atoms with Gasteiger partial charge in [-0.15, -0.1) is 0 Å². The highest BCUT2D eigenvalue weighted by Crippen LogP contribution is 2.60. The first-order valence-corrected chi connectivity index (χ1v) is 4.78. The molecule has 1 nitrogen and oxygen atoms in total. The summed E-state index contributed by atoms with van der Waals surface area (Å²) < 4.78 is 0. The molecule has 58 valence electrons. The van der Waals surface area contributed by atoms with Crippen LogP contribution in [0.2, 0.25) is 0 Å². The van der Waals surface area contributed by atoms with E-state index in [-0.39, 0.29) is 0 Å². The Labute approximate surface area is 67.4 Å². The Morgan fingerprint density at radius 3 is 1.64 bits per heavy atom. The summed E-state index contributed by atoms with van der Waals surface area (Å²) >= 11 is 0. The number of hydrogen-bond acceptors (Lipinski definition) is 1. The smallest absolute Gasteiger partial charge is 0.0661 e. The van der Waals surface area contributed by atoms with Gasteiger partial charge in [0.2, 0.25) is 0 Å². The van der Waals surface area contributed by atoms with Crippen LogP contribution in [0.15, 0.2) is 0 Å². The largest absolute Gasteiger partial charge is 0.198 e. The van der Waals surface area contributed by atoms with Crippen molar-refractivity contribution in [3.8, 4) is 6.07 Å². The SMILES string of the molecule is N#CC1C2CC3CC1CC3C2. The zero-order valence-electron chi connectivity index (χ0n) is 6.66. The van der Waals surface area contributed by atoms with Gasteiger partial charge >= 0.3 is 0 Å². The van der Waals surface area contributed by atoms with Crippen molar-refractivity contribution >= 4 is 0 Å². The molecule has 4 saturated carbocycles. The van der Waals surface area contributed by atoms with Crippen molar-refractivity contribution in [1.29, 1.82) is 5.26 Å². The second-order valence-corrected chi connectivity index (χ2v) is 4.64. The van der Waals surface area contributed by atoms with E-state index in [1.807, 2.05) is 0 Å². The van der Waals surface area contributed by atoms with Gasteiger partial charge in [-0.05, 0) is 49.4 Å². The highest BCUT2D eigenvalue weighted by molar-refractivity contribution is 5.08. The van der Waals surface area contributed by atoms with E-state index in [0.717, 1.165) is 23.7 Å². The van der Waals surface area contributed by atoms with Crippen LogP contribution in [-0.4, -0.2) is 0 Å². The minimum atomic E-state index is 0.449. The zero-order chi connectivity index (χ0) is 7.42. The second kappa shape index (κ2) is 1.80. The molecule has 4 rings (SSSR count). The van der Waals surface area contributed by atoms with Gasteiger partial charge in [-0.2, -0.15) is 5.26 Å². The molecule has 4 bridgehead atoms. The van der Waals surface area contributed by atoms with E-state index >= 15 is 0 Å². The summed E-state index contributed by atoms with van der Waals surface area (Å²) in [6.07, 6.45) is 5.55. The van der Waals surface area contributed by atoms with Crippen molar-refractivity contribution in [2.45, 2.75) is 25.7 Å². The van der Waals surface area contributed by atoms with Gasteiger partial charge in [-0.1, -0.05) is 0 Å². The first kappa shape index (κ1) is 6.06. The summed E-state index contributed by atoms with van der Waals surface area (Å²) in [5, 5.41) is 8.96. The van der Waals surface area contributed by atoms with Crippen LogP contribution in [-0.2, 0) is 0 Å². The van der Waals surface area contributed by atoms with Gasteiger partial charge in [0, 0.05) is 0 Å². The number of hydrogen-bond donors (Lipinski definition) is 0. The summed E-state index contributed by atoms with van der Waals surface area (Å²) in [6.45, 7) is 0.